The highest BCUT2D eigenvalue weighted by atomic mass is 16.5. The van der Waals surface area contributed by atoms with Gasteiger partial charge in [-0.3, -0.25) is 9.48 Å². The first-order chi connectivity index (χ1) is 15.7. The van der Waals surface area contributed by atoms with Gasteiger partial charge in [-0.2, -0.15) is 5.10 Å². The molecule has 162 valence electrons. The fourth-order valence-electron chi connectivity index (χ4n) is 4.19. The van der Waals surface area contributed by atoms with Crippen LogP contribution in [0.1, 0.15) is 46.2 Å². The van der Waals surface area contributed by atoms with Gasteiger partial charge in [0.05, 0.1) is 25.9 Å². The third-order valence-electron chi connectivity index (χ3n) is 5.84. The monoisotopic (exact) mass is 428 g/mol. The van der Waals surface area contributed by atoms with Crippen LogP contribution < -0.4 is 10.1 Å². The quantitative estimate of drug-likeness (QED) is 0.492. The van der Waals surface area contributed by atoms with E-state index in [9.17, 15) is 4.79 Å². The van der Waals surface area contributed by atoms with Crippen LogP contribution in [0.15, 0.2) is 71.4 Å². The molecule has 5 rings (SSSR count). The lowest BCUT2D eigenvalue weighted by Crippen LogP contribution is -2.31. The van der Waals surface area contributed by atoms with Crippen molar-refractivity contribution < 1.29 is 14.1 Å². The van der Waals surface area contributed by atoms with Crippen molar-refractivity contribution in [3.63, 3.8) is 0 Å². The Morgan fingerprint density at radius 1 is 1.19 bits per heavy atom. The summed E-state index contributed by atoms with van der Waals surface area (Å²) in [5.41, 5.74) is 4.53. The molecule has 2 aromatic carbocycles. The summed E-state index contributed by atoms with van der Waals surface area (Å²) in [5, 5.41) is 11.7. The number of carbonyl (C=O) groups is 1. The molecular weight excluding hydrogens is 404 g/mol. The van der Waals surface area contributed by atoms with Gasteiger partial charge in [0.25, 0.3) is 5.91 Å². The highest BCUT2D eigenvalue weighted by Gasteiger charge is 2.27. The smallest absolute Gasteiger partial charge is 0.273 e. The minimum Gasteiger partial charge on any atom is -0.497 e. The van der Waals surface area contributed by atoms with Crippen LogP contribution in [0.2, 0.25) is 0 Å². The third kappa shape index (κ3) is 4.01. The van der Waals surface area contributed by atoms with E-state index in [4.69, 9.17) is 9.26 Å². The minimum atomic E-state index is -0.253. The lowest BCUT2D eigenvalue weighted by molar-refractivity contribution is 0.0923. The number of hydrogen-bond acceptors (Lipinski definition) is 5. The van der Waals surface area contributed by atoms with Crippen LogP contribution in [0.4, 0.5) is 0 Å². The van der Waals surface area contributed by atoms with Gasteiger partial charge in [-0.1, -0.05) is 47.6 Å². The molecule has 32 heavy (non-hydrogen) atoms. The first-order valence-electron chi connectivity index (χ1n) is 10.7. The Balaban J connectivity index is 1.31. The average Bonchev–Trinajstić information content (AvgIpc) is 3.49. The predicted octanol–water partition coefficient (Wildman–Crippen LogP) is 4.40. The Bertz CT molecular complexity index is 1230. The fourth-order valence-corrected chi connectivity index (χ4v) is 4.19. The van der Waals surface area contributed by atoms with Crippen LogP contribution in [0, 0.1) is 0 Å². The molecule has 0 aliphatic heterocycles. The van der Waals surface area contributed by atoms with Crippen molar-refractivity contribution in [2.45, 2.75) is 31.8 Å². The highest BCUT2D eigenvalue weighted by Crippen LogP contribution is 2.31. The van der Waals surface area contributed by atoms with Crippen molar-refractivity contribution in [3.05, 3.63) is 89.4 Å². The van der Waals surface area contributed by atoms with E-state index in [1.165, 1.54) is 11.3 Å². The Labute approximate surface area is 186 Å². The van der Waals surface area contributed by atoms with Gasteiger partial charge in [-0.05, 0) is 37.0 Å². The van der Waals surface area contributed by atoms with Gasteiger partial charge in [-0.25, -0.2) is 0 Å². The molecule has 1 unspecified atom stereocenters. The number of benzene rings is 2. The molecule has 0 fully saturated rings. The van der Waals surface area contributed by atoms with Crippen LogP contribution in [0.25, 0.3) is 11.3 Å². The highest BCUT2D eigenvalue weighted by molar-refractivity contribution is 5.93. The predicted molar refractivity (Wildman–Crippen MR) is 119 cm³/mol. The maximum Gasteiger partial charge on any atom is 0.273 e. The lowest BCUT2D eigenvalue weighted by atomic mass is 9.92. The number of methoxy groups -OCH3 is 1. The fraction of sp³-hybridized carbons (Fsp3) is 0.240. The molecule has 0 saturated carbocycles. The summed E-state index contributed by atoms with van der Waals surface area (Å²) in [6, 6.07) is 19.3. The molecule has 4 aromatic rings. The largest absolute Gasteiger partial charge is 0.497 e. The van der Waals surface area contributed by atoms with E-state index < -0.39 is 0 Å². The molecule has 1 amide bonds. The second-order valence-electron chi connectivity index (χ2n) is 7.92. The van der Waals surface area contributed by atoms with Gasteiger partial charge in [-0.15, -0.1) is 0 Å². The second-order valence-corrected chi connectivity index (χ2v) is 7.92. The van der Waals surface area contributed by atoms with Gasteiger partial charge in [0.2, 0.25) is 0 Å². The summed E-state index contributed by atoms with van der Waals surface area (Å²) in [6.45, 7) is 0.726. The van der Waals surface area contributed by atoms with E-state index in [1.54, 1.807) is 13.2 Å². The number of nitrogens with one attached hydrogen (secondary N) is 1. The zero-order chi connectivity index (χ0) is 21.9. The topological polar surface area (TPSA) is 82.2 Å². The molecule has 2 heterocycles. The molecule has 0 radical (unpaired) electrons. The van der Waals surface area contributed by atoms with Crippen LogP contribution in [-0.4, -0.2) is 28.0 Å². The Hall–Kier alpha value is -3.87. The van der Waals surface area contributed by atoms with Crippen molar-refractivity contribution in [3.8, 4) is 17.1 Å². The first kappa shape index (κ1) is 20.1. The summed E-state index contributed by atoms with van der Waals surface area (Å²) in [6.07, 6.45) is 4.70. The van der Waals surface area contributed by atoms with Crippen LogP contribution in [0.5, 0.6) is 5.75 Å². The number of aromatic nitrogens is 3. The standard InChI is InChI=1S/C25H24N4O3/c1-31-19-10-5-9-18(13-19)24-14-22(28-32-24)25(30)27-21-11-6-12-23-20(21)15-26-29(23)16-17-7-3-2-4-8-17/h2-5,7-10,13-15,21H,6,11-12,16H2,1H3,(H,27,30). The number of amides is 1. The zero-order valence-electron chi connectivity index (χ0n) is 17.8. The number of ether oxygens (including phenoxy) is 1. The summed E-state index contributed by atoms with van der Waals surface area (Å²) in [7, 11) is 1.61. The van der Waals surface area contributed by atoms with E-state index in [0.29, 0.717) is 11.5 Å². The molecule has 1 aliphatic rings. The molecular formula is C25H24N4O3. The van der Waals surface area contributed by atoms with Crippen molar-refractivity contribution in [2.24, 2.45) is 0 Å². The van der Waals surface area contributed by atoms with E-state index in [1.807, 2.05) is 53.3 Å². The Morgan fingerprint density at radius 3 is 2.91 bits per heavy atom. The summed E-state index contributed by atoms with van der Waals surface area (Å²) in [4.78, 5) is 12.9. The van der Waals surface area contributed by atoms with E-state index >= 15 is 0 Å². The normalized spacial score (nSPS) is 15.2. The first-order valence-corrected chi connectivity index (χ1v) is 10.7. The number of rotatable bonds is 6. The molecule has 1 aliphatic carbocycles. The van der Waals surface area contributed by atoms with Crippen LogP contribution in [0.3, 0.4) is 0 Å². The lowest BCUT2D eigenvalue weighted by Gasteiger charge is -2.24. The number of hydrogen-bond donors (Lipinski definition) is 1. The van der Waals surface area contributed by atoms with Crippen LogP contribution in [-0.2, 0) is 13.0 Å². The van der Waals surface area contributed by atoms with E-state index in [-0.39, 0.29) is 17.6 Å². The molecule has 7 heteroatoms. The van der Waals surface area contributed by atoms with Crippen molar-refractivity contribution in [1.29, 1.82) is 0 Å². The Kier molecular flexibility index (Phi) is 5.46. The van der Waals surface area contributed by atoms with Gasteiger partial charge in [0, 0.05) is 22.9 Å². The summed E-state index contributed by atoms with van der Waals surface area (Å²) < 4.78 is 12.7. The van der Waals surface area contributed by atoms with Gasteiger partial charge < -0.3 is 14.6 Å². The molecule has 1 N–H and O–H groups in total. The summed E-state index contributed by atoms with van der Waals surface area (Å²) >= 11 is 0. The SMILES string of the molecule is COc1cccc(-c2cc(C(=O)NC3CCCc4c3cnn4Cc3ccccc3)no2)c1. The van der Waals surface area contributed by atoms with Crippen molar-refractivity contribution >= 4 is 5.91 Å². The summed E-state index contributed by atoms with van der Waals surface area (Å²) in [5.74, 6) is 0.984. The third-order valence-corrected chi connectivity index (χ3v) is 5.84. The van der Waals surface area contributed by atoms with Gasteiger partial charge in [0.15, 0.2) is 11.5 Å². The molecule has 7 nitrogen and oxygen atoms in total. The van der Waals surface area contributed by atoms with Gasteiger partial charge >= 0.3 is 0 Å². The molecule has 2 aromatic heterocycles. The number of nitrogens with zero attached hydrogens (tertiary/aromatic N) is 3. The van der Waals surface area contributed by atoms with Crippen molar-refractivity contribution in [2.75, 3.05) is 7.11 Å². The number of carbonyl (C=O) groups excluding carboxylic acids is 1. The van der Waals surface area contributed by atoms with Gasteiger partial charge in [0.1, 0.15) is 5.75 Å². The Morgan fingerprint density at radius 2 is 2.06 bits per heavy atom. The van der Waals surface area contributed by atoms with E-state index in [0.717, 1.165) is 36.9 Å². The molecule has 1 atom stereocenters. The number of fused-ring (bicyclic) bond motifs is 1. The van der Waals surface area contributed by atoms with Crippen molar-refractivity contribution in [1.82, 2.24) is 20.3 Å². The molecule has 0 bridgehead atoms. The van der Waals surface area contributed by atoms with Crippen LogP contribution >= 0.6 is 0 Å². The molecule has 0 saturated heterocycles. The molecule has 0 spiro atoms. The average molecular weight is 428 g/mol. The maximum absolute atomic E-state index is 12.9. The van der Waals surface area contributed by atoms with E-state index in [2.05, 4.69) is 27.7 Å². The zero-order valence-corrected chi connectivity index (χ0v) is 17.8. The minimum absolute atomic E-state index is 0.0901. The maximum atomic E-state index is 12.9. The second kappa shape index (κ2) is 8.70.